The van der Waals surface area contributed by atoms with E-state index >= 15 is 0 Å². The zero-order valence-corrected chi connectivity index (χ0v) is 21.0. The highest BCUT2D eigenvalue weighted by Crippen LogP contribution is 2.15. The number of guanidine groups is 1. The minimum absolute atomic E-state index is 0. The van der Waals surface area contributed by atoms with Crippen LogP contribution in [0.5, 0.6) is 0 Å². The van der Waals surface area contributed by atoms with E-state index in [-0.39, 0.29) is 24.0 Å². The van der Waals surface area contributed by atoms with Gasteiger partial charge in [-0.1, -0.05) is 30.7 Å². The Morgan fingerprint density at radius 2 is 1.68 bits per heavy atom. The summed E-state index contributed by atoms with van der Waals surface area (Å²) in [5.41, 5.74) is 2.62. The minimum Gasteiger partial charge on any atom is -0.357 e. The molecule has 1 aromatic heterocycles. The van der Waals surface area contributed by atoms with Crippen molar-refractivity contribution in [3.63, 3.8) is 0 Å². The largest absolute Gasteiger partial charge is 0.357 e. The molecule has 0 radical (unpaired) electrons. The highest BCUT2D eigenvalue weighted by Gasteiger charge is 2.15. The van der Waals surface area contributed by atoms with Gasteiger partial charge in [0.05, 0.1) is 13.1 Å². The number of benzene rings is 1. The zero-order valence-electron chi connectivity index (χ0n) is 18.6. The first kappa shape index (κ1) is 24.0. The minimum atomic E-state index is 0. The van der Waals surface area contributed by atoms with Gasteiger partial charge in [0, 0.05) is 26.1 Å². The lowest BCUT2D eigenvalue weighted by atomic mass is 10.1. The fraction of sp³-hybridized carbons (Fsp3) is 0.609. The number of rotatable bonds is 7. The van der Waals surface area contributed by atoms with Crippen LogP contribution in [0.15, 0.2) is 29.3 Å². The van der Waals surface area contributed by atoms with Crippen LogP contribution in [0.1, 0.15) is 61.8 Å². The van der Waals surface area contributed by atoms with Crippen LogP contribution in [0.4, 0.5) is 0 Å². The maximum absolute atomic E-state index is 4.77. The molecule has 0 amide bonds. The third-order valence-electron chi connectivity index (χ3n) is 5.99. The predicted molar refractivity (Wildman–Crippen MR) is 136 cm³/mol. The van der Waals surface area contributed by atoms with E-state index in [9.17, 15) is 0 Å². The third-order valence-corrected chi connectivity index (χ3v) is 5.99. The molecular weight excluding hydrogens is 501 g/mol. The van der Waals surface area contributed by atoms with Crippen LogP contribution in [0.3, 0.4) is 0 Å². The molecular formula is C23H36IN7. The Morgan fingerprint density at radius 1 is 0.935 bits per heavy atom. The highest BCUT2D eigenvalue weighted by atomic mass is 127. The Morgan fingerprint density at radius 3 is 2.45 bits per heavy atom. The van der Waals surface area contributed by atoms with Crippen molar-refractivity contribution in [2.45, 2.75) is 71.6 Å². The van der Waals surface area contributed by atoms with Crippen molar-refractivity contribution in [2.75, 3.05) is 19.6 Å². The Hall–Kier alpha value is -1.68. The normalized spacial score (nSPS) is 17.0. The van der Waals surface area contributed by atoms with Gasteiger partial charge < -0.3 is 15.2 Å². The quantitative estimate of drug-likeness (QED) is 0.322. The molecule has 2 N–H and O–H groups in total. The standard InChI is InChI=1S/C23H35N7.HI/c1-2-24-23(26-17-22-28-27-21-8-4-3-5-15-30(21)22)25-16-19-9-11-20(12-10-19)18-29-13-6-7-14-29;/h9-12H,2-8,13-18H2,1H3,(H2,24,25,26);1H. The Kier molecular flexibility index (Phi) is 9.57. The molecule has 0 aliphatic carbocycles. The van der Waals surface area contributed by atoms with Crippen molar-refractivity contribution in [3.8, 4) is 0 Å². The van der Waals surface area contributed by atoms with E-state index in [4.69, 9.17) is 4.99 Å². The van der Waals surface area contributed by atoms with E-state index in [1.165, 1.54) is 56.3 Å². The van der Waals surface area contributed by atoms with Gasteiger partial charge in [-0.3, -0.25) is 4.90 Å². The molecule has 0 unspecified atom stereocenters. The lowest BCUT2D eigenvalue weighted by Crippen LogP contribution is -2.37. The molecule has 1 saturated heterocycles. The van der Waals surface area contributed by atoms with Crippen LogP contribution >= 0.6 is 24.0 Å². The maximum Gasteiger partial charge on any atom is 0.191 e. The summed E-state index contributed by atoms with van der Waals surface area (Å²) in [6.45, 7) is 8.79. The number of halogens is 1. The van der Waals surface area contributed by atoms with Crippen molar-refractivity contribution in [1.29, 1.82) is 0 Å². The average molecular weight is 537 g/mol. The molecule has 0 bridgehead atoms. The fourth-order valence-corrected chi connectivity index (χ4v) is 4.30. The first-order chi connectivity index (χ1) is 14.8. The molecule has 3 heterocycles. The number of hydrogen-bond donors (Lipinski definition) is 2. The van der Waals surface area contributed by atoms with Gasteiger partial charge in [-0.15, -0.1) is 34.2 Å². The molecule has 4 rings (SSSR count). The van der Waals surface area contributed by atoms with Gasteiger partial charge in [-0.2, -0.15) is 0 Å². The van der Waals surface area contributed by atoms with Crippen molar-refractivity contribution in [2.24, 2.45) is 4.99 Å². The van der Waals surface area contributed by atoms with E-state index in [1.54, 1.807) is 0 Å². The van der Waals surface area contributed by atoms with Crippen LogP contribution in [0, 0.1) is 0 Å². The second-order valence-corrected chi connectivity index (χ2v) is 8.34. The van der Waals surface area contributed by atoms with Gasteiger partial charge in [-0.05, 0) is 56.8 Å². The fourth-order valence-electron chi connectivity index (χ4n) is 4.30. The summed E-state index contributed by atoms with van der Waals surface area (Å²) in [6.07, 6.45) is 7.41. The summed E-state index contributed by atoms with van der Waals surface area (Å²) < 4.78 is 2.28. The molecule has 1 fully saturated rings. The lowest BCUT2D eigenvalue weighted by molar-refractivity contribution is 0.331. The van der Waals surface area contributed by atoms with Crippen molar-refractivity contribution < 1.29 is 0 Å². The lowest BCUT2D eigenvalue weighted by Gasteiger charge is -2.14. The van der Waals surface area contributed by atoms with E-state index < -0.39 is 0 Å². The van der Waals surface area contributed by atoms with E-state index in [0.29, 0.717) is 13.1 Å². The van der Waals surface area contributed by atoms with Gasteiger partial charge in [0.2, 0.25) is 0 Å². The second kappa shape index (κ2) is 12.4. The highest BCUT2D eigenvalue weighted by molar-refractivity contribution is 14.0. The summed E-state index contributed by atoms with van der Waals surface area (Å²) in [5.74, 6) is 2.95. The van der Waals surface area contributed by atoms with Gasteiger partial charge >= 0.3 is 0 Å². The van der Waals surface area contributed by atoms with Crippen molar-refractivity contribution in [1.82, 2.24) is 30.3 Å². The SMILES string of the molecule is CCNC(=NCc1ccc(CN2CCCC2)cc1)NCc1nnc2n1CCCCC2.I. The molecule has 0 saturated carbocycles. The number of aromatic nitrogens is 3. The van der Waals surface area contributed by atoms with Crippen LogP contribution in [-0.4, -0.2) is 45.3 Å². The summed E-state index contributed by atoms with van der Waals surface area (Å²) in [7, 11) is 0. The number of likely N-dealkylation sites (tertiary alicyclic amines) is 1. The Labute approximate surface area is 203 Å². The number of fused-ring (bicyclic) bond motifs is 1. The molecule has 0 spiro atoms. The molecule has 2 aromatic rings. The first-order valence-electron chi connectivity index (χ1n) is 11.5. The molecule has 8 heteroatoms. The van der Waals surface area contributed by atoms with Gasteiger partial charge in [0.25, 0.3) is 0 Å². The van der Waals surface area contributed by atoms with Gasteiger partial charge in [-0.25, -0.2) is 4.99 Å². The summed E-state index contributed by atoms with van der Waals surface area (Å²) in [4.78, 5) is 7.31. The van der Waals surface area contributed by atoms with E-state index in [2.05, 4.69) is 61.5 Å². The van der Waals surface area contributed by atoms with Crippen LogP contribution in [0.2, 0.25) is 0 Å². The van der Waals surface area contributed by atoms with Crippen molar-refractivity contribution >= 4 is 29.9 Å². The Balaban J connectivity index is 0.00000272. The topological polar surface area (TPSA) is 70.4 Å². The summed E-state index contributed by atoms with van der Waals surface area (Å²) in [6, 6.07) is 8.90. The average Bonchev–Trinajstić information content (AvgIpc) is 3.35. The van der Waals surface area contributed by atoms with Crippen LogP contribution < -0.4 is 10.6 Å². The van der Waals surface area contributed by atoms with Crippen LogP contribution in [-0.2, 0) is 32.6 Å². The van der Waals surface area contributed by atoms with Crippen LogP contribution in [0.25, 0.3) is 0 Å². The molecule has 0 atom stereocenters. The predicted octanol–water partition coefficient (Wildman–Crippen LogP) is 3.47. The monoisotopic (exact) mass is 537 g/mol. The van der Waals surface area contributed by atoms with Gasteiger partial charge in [0.15, 0.2) is 11.8 Å². The number of hydrogen-bond acceptors (Lipinski definition) is 4. The second-order valence-electron chi connectivity index (χ2n) is 8.34. The van der Waals surface area contributed by atoms with Crippen molar-refractivity contribution in [3.05, 3.63) is 47.0 Å². The van der Waals surface area contributed by atoms with E-state index in [0.717, 1.165) is 43.7 Å². The van der Waals surface area contributed by atoms with Gasteiger partial charge in [0.1, 0.15) is 5.82 Å². The number of nitrogens with one attached hydrogen (secondary N) is 2. The summed E-state index contributed by atoms with van der Waals surface area (Å²) >= 11 is 0. The zero-order chi connectivity index (χ0) is 20.6. The molecule has 2 aliphatic heterocycles. The maximum atomic E-state index is 4.77. The first-order valence-corrected chi connectivity index (χ1v) is 11.5. The molecule has 1 aromatic carbocycles. The molecule has 31 heavy (non-hydrogen) atoms. The molecule has 2 aliphatic rings. The summed E-state index contributed by atoms with van der Waals surface area (Å²) in [5, 5.41) is 15.6. The Bertz CT molecular complexity index is 825. The number of nitrogens with zero attached hydrogens (tertiary/aromatic N) is 5. The molecule has 7 nitrogen and oxygen atoms in total. The van der Waals surface area contributed by atoms with E-state index in [1.807, 2.05) is 0 Å². The number of aryl methyl sites for hydroxylation is 1. The third kappa shape index (κ3) is 6.90. The number of aliphatic imine (C=N–C) groups is 1. The smallest absolute Gasteiger partial charge is 0.191 e. The molecule has 170 valence electrons.